The highest BCUT2D eigenvalue weighted by atomic mass is 16.5. The van der Waals surface area contributed by atoms with Crippen LogP contribution in [0.4, 0.5) is 0 Å². The lowest BCUT2D eigenvalue weighted by Crippen LogP contribution is -2.03. The van der Waals surface area contributed by atoms with Crippen LogP contribution in [-0.2, 0) is 4.74 Å². The molecule has 52 valence electrons. The van der Waals surface area contributed by atoms with Gasteiger partial charge in [0, 0.05) is 19.1 Å². The molecule has 1 atom stereocenters. The Balaban J connectivity index is 2.33. The van der Waals surface area contributed by atoms with Gasteiger partial charge in [-0.05, 0) is 6.42 Å². The van der Waals surface area contributed by atoms with E-state index in [0.717, 1.165) is 13.0 Å². The fraction of sp³-hybridized carbons (Fsp3) is 0.714. The molecule has 1 aliphatic rings. The van der Waals surface area contributed by atoms with E-state index in [9.17, 15) is 0 Å². The van der Waals surface area contributed by atoms with Crippen LogP contribution in [-0.4, -0.2) is 24.9 Å². The molecule has 0 aromatic carbocycles. The van der Waals surface area contributed by atoms with Gasteiger partial charge in [-0.2, -0.15) is 0 Å². The van der Waals surface area contributed by atoms with E-state index in [1.165, 1.54) is 0 Å². The molecule has 1 unspecified atom stereocenters. The fourth-order valence-corrected chi connectivity index (χ4v) is 0.882. The zero-order valence-electron chi connectivity index (χ0n) is 5.42. The van der Waals surface area contributed by atoms with E-state index in [4.69, 9.17) is 9.84 Å². The highest BCUT2D eigenvalue weighted by molar-refractivity contribution is 4.89. The van der Waals surface area contributed by atoms with Crippen molar-refractivity contribution in [3.05, 3.63) is 12.2 Å². The Morgan fingerprint density at radius 1 is 1.67 bits per heavy atom. The van der Waals surface area contributed by atoms with Crippen molar-refractivity contribution in [3.63, 3.8) is 0 Å². The molecule has 1 aliphatic heterocycles. The molecular weight excluding hydrogens is 116 g/mol. The van der Waals surface area contributed by atoms with Crippen LogP contribution in [0.2, 0.25) is 0 Å². The molecule has 9 heavy (non-hydrogen) atoms. The van der Waals surface area contributed by atoms with Crippen LogP contribution < -0.4 is 0 Å². The Bertz CT molecular complexity index is 99.1. The van der Waals surface area contributed by atoms with Crippen LogP contribution in [0.5, 0.6) is 0 Å². The quantitative estimate of drug-likeness (QED) is 0.523. The van der Waals surface area contributed by atoms with Crippen LogP contribution in [0.25, 0.3) is 0 Å². The third kappa shape index (κ3) is 2.16. The van der Waals surface area contributed by atoms with Gasteiger partial charge in [0.1, 0.15) is 0 Å². The summed E-state index contributed by atoms with van der Waals surface area (Å²) in [6.07, 6.45) is 4.94. The number of aliphatic hydroxyl groups is 1. The Hall–Kier alpha value is -0.340. The number of ether oxygens (including phenoxy) is 1. The SMILES string of the molecule is OCC1C=CCOCC1. The summed E-state index contributed by atoms with van der Waals surface area (Å²) in [6.45, 7) is 1.73. The molecule has 1 heterocycles. The second-order valence-corrected chi connectivity index (χ2v) is 2.23. The number of rotatable bonds is 1. The molecule has 0 amide bonds. The second-order valence-electron chi connectivity index (χ2n) is 2.23. The van der Waals surface area contributed by atoms with Gasteiger partial charge in [-0.3, -0.25) is 0 Å². The average molecular weight is 128 g/mol. The van der Waals surface area contributed by atoms with Crippen molar-refractivity contribution >= 4 is 0 Å². The van der Waals surface area contributed by atoms with Crippen molar-refractivity contribution in [3.8, 4) is 0 Å². The van der Waals surface area contributed by atoms with Crippen molar-refractivity contribution in [2.24, 2.45) is 5.92 Å². The molecule has 1 rings (SSSR count). The molecule has 0 spiro atoms. The smallest absolute Gasteiger partial charge is 0.0647 e. The first-order chi connectivity index (χ1) is 4.43. The lowest BCUT2D eigenvalue weighted by Gasteiger charge is -2.03. The maximum Gasteiger partial charge on any atom is 0.0647 e. The maximum absolute atomic E-state index is 8.71. The number of hydrogen-bond donors (Lipinski definition) is 1. The monoisotopic (exact) mass is 128 g/mol. The lowest BCUT2D eigenvalue weighted by molar-refractivity contribution is 0.146. The largest absolute Gasteiger partial charge is 0.396 e. The van der Waals surface area contributed by atoms with Crippen LogP contribution in [0, 0.1) is 5.92 Å². The highest BCUT2D eigenvalue weighted by Gasteiger charge is 2.04. The minimum absolute atomic E-state index is 0.250. The van der Waals surface area contributed by atoms with Gasteiger partial charge >= 0.3 is 0 Å². The van der Waals surface area contributed by atoms with Gasteiger partial charge in [-0.1, -0.05) is 12.2 Å². The summed E-state index contributed by atoms with van der Waals surface area (Å²) < 4.78 is 5.13. The molecule has 0 aromatic heterocycles. The molecular formula is C7H12O2. The van der Waals surface area contributed by atoms with Crippen molar-refractivity contribution in [2.75, 3.05) is 19.8 Å². The van der Waals surface area contributed by atoms with Gasteiger partial charge in [0.05, 0.1) is 6.61 Å². The molecule has 0 bridgehead atoms. The average Bonchev–Trinajstić information content (AvgIpc) is 2.13. The topological polar surface area (TPSA) is 29.5 Å². The standard InChI is InChI=1S/C7H12O2/c8-6-7-2-1-4-9-5-3-7/h1-2,7-8H,3-6H2. The minimum atomic E-state index is 0.250. The normalized spacial score (nSPS) is 27.9. The Labute approximate surface area is 55.1 Å². The highest BCUT2D eigenvalue weighted by Crippen LogP contribution is 2.07. The van der Waals surface area contributed by atoms with Crippen LogP contribution in [0.1, 0.15) is 6.42 Å². The molecule has 0 radical (unpaired) electrons. The van der Waals surface area contributed by atoms with Crippen molar-refractivity contribution in [1.82, 2.24) is 0 Å². The third-order valence-electron chi connectivity index (χ3n) is 1.49. The maximum atomic E-state index is 8.71. The molecule has 0 aliphatic carbocycles. The summed E-state index contributed by atoms with van der Waals surface area (Å²) in [5.41, 5.74) is 0. The summed E-state index contributed by atoms with van der Waals surface area (Å²) in [6, 6.07) is 0. The Morgan fingerprint density at radius 3 is 3.33 bits per heavy atom. The summed E-state index contributed by atoms with van der Waals surface area (Å²) in [4.78, 5) is 0. The van der Waals surface area contributed by atoms with Crippen LogP contribution in [0.15, 0.2) is 12.2 Å². The van der Waals surface area contributed by atoms with Crippen LogP contribution >= 0.6 is 0 Å². The van der Waals surface area contributed by atoms with Gasteiger partial charge in [0.15, 0.2) is 0 Å². The van der Waals surface area contributed by atoms with Crippen molar-refractivity contribution < 1.29 is 9.84 Å². The molecule has 2 nitrogen and oxygen atoms in total. The van der Waals surface area contributed by atoms with Crippen LogP contribution in [0.3, 0.4) is 0 Å². The van der Waals surface area contributed by atoms with E-state index in [2.05, 4.69) is 0 Å². The third-order valence-corrected chi connectivity index (χ3v) is 1.49. The van der Waals surface area contributed by atoms with E-state index in [1.54, 1.807) is 0 Å². The summed E-state index contributed by atoms with van der Waals surface area (Å²) in [7, 11) is 0. The Kier molecular flexibility index (Phi) is 2.74. The fourth-order valence-electron chi connectivity index (χ4n) is 0.882. The molecule has 1 N–H and O–H groups in total. The summed E-state index contributed by atoms with van der Waals surface area (Å²) in [5, 5.41) is 8.71. The van der Waals surface area contributed by atoms with Gasteiger partial charge in [-0.15, -0.1) is 0 Å². The van der Waals surface area contributed by atoms with E-state index < -0.39 is 0 Å². The molecule has 0 saturated carbocycles. The predicted octanol–water partition coefficient (Wildman–Crippen LogP) is 0.571. The Morgan fingerprint density at radius 2 is 2.56 bits per heavy atom. The first-order valence-corrected chi connectivity index (χ1v) is 3.28. The first-order valence-electron chi connectivity index (χ1n) is 3.28. The summed E-state index contributed by atoms with van der Waals surface area (Å²) >= 11 is 0. The van der Waals surface area contributed by atoms with Crippen molar-refractivity contribution in [2.45, 2.75) is 6.42 Å². The van der Waals surface area contributed by atoms with E-state index in [1.807, 2.05) is 12.2 Å². The number of aliphatic hydroxyl groups excluding tert-OH is 1. The van der Waals surface area contributed by atoms with Gasteiger partial charge in [0.25, 0.3) is 0 Å². The van der Waals surface area contributed by atoms with Gasteiger partial charge in [0.2, 0.25) is 0 Å². The van der Waals surface area contributed by atoms with E-state index >= 15 is 0 Å². The van der Waals surface area contributed by atoms with E-state index in [-0.39, 0.29) is 6.61 Å². The summed E-state index contributed by atoms with van der Waals surface area (Å²) in [5.74, 6) is 0.326. The predicted molar refractivity (Wildman–Crippen MR) is 35.2 cm³/mol. The van der Waals surface area contributed by atoms with Gasteiger partial charge in [-0.25, -0.2) is 0 Å². The first kappa shape index (κ1) is 6.78. The zero-order valence-corrected chi connectivity index (χ0v) is 5.42. The van der Waals surface area contributed by atoms with E-state index in [0.29, 0.717) is 12.5 Å². The van der Waals surface area contributed by atoms with Gasteiger partial charge < -0.3 is 9.84 Å². The van der Waals surface area contributed by atoms with Crippen molar-refractivity contribution in [1.29, 1.82) is 0 Å². The minimum Gasteiger partial charge on any atom is -0.396 e. The zero-order chi connectivity index (χ0) is 6.53. The number of hydrogen-bond acceptors (Lipinski definition) is 2. The molecule has 0 aromatic rings. The second kappa shape index (κ2) is 3.64. The lowest BCUT2D eigenvalue weighted by atomic mass is 10.1. The molecule has 2 heteroatoms. The molecule has 0 saturated heterocycles. The molecule has 0 fully saturated rings.